The first kappa shape index (κ1) is 14.1. The average molecular weight is 281 g/mol. The van der Waals surface area contributed by atoms with E-state index in [-0.39, 0.29) is 5.91 Å². The number of hydrogen-bond acceptors (Lipinski definition) is 1. The third-order valence-corrected chi connectivity index (χ3v) is 4.39. The van der Waals surface area contributed by atoms with Crippen LogP contribution in [-0.4, -0.2) is 5.91 Å². The van der Waals surface area contributed by atoms with E-state index in [1.807, 2.05) is 35.2 Å². The Bertz CT molecular complexity index is 583. The molecule has 0 saturated carbocycles. The van der Waals surface area contributed by atoms with Crippen LogP contribution >= 0.6 is 0 Å². The molecule has 1 aliphatic carbocycles. The molecule has 0 aromatic heterocycles. The summed E-state index contributed by atoms with van der Waals surface area (Å²) in [5.74, 6) is 0.207. The highest BCUT2D eigenvalue weighted by molar-refractivity contribution is 6.13. The molecule has 1 heterocycles. The summed E-state index contributed by atoms with van der Waals surface area (Å²) in [5, 5.41) is 0. The number of benzene rings is 1. The zero-order chi connectivity index (χ0) is 14.7. The van der Waals surface area contributed by atoms with Crippen molar-refractivity contribution < 1.29 is 4.79 Å². The fourth-order valence-corrected chi connectivity index (χ4v) is 3.29. The van der Waals surface area contributed by atoms with E-state index in [9.17, 15) is 4.79 Å². The standard InChI is InChI=1S/C19H23NO/c1-2-3-5-14-18-16-12-8-9-13-17(16)19(21)20(18)15-10-6-4-7-11-15/h4,6-7,10-11,14H,2-3,5,8-9,12-13H2,1H3/b18-14+. The van der Waals surface area contributed by atoms with Gasteiger partial charge < -0.3 is 0 Å². The zero-order valence-corrected chi connectivity index (χ0v) is 12.8. The van der Waals surface area contributed by atoms with Gasteiger partial charge in [0.1, 0.15) is 0 Å². The lowest BCUT2D eigenvalue weighted by Crippen LogP contribution is -2.25. The van der Waals surface area contributed by atoms with Crippen LogP contribution in [0.15, 0.2) is 53.3 Å². The van der Waals surface area contributed by atoms with Crippen LogP contribution in [0.4, 0.5) is 5.69 Å². The summed E-state index contributed by atoms with van der Waals surface area (Å²) in [5.41, 5.74) is 4.54. The van der Waals surface area contributed by atoms with Gasteiger partial charge in [-0.15, -0.1) is 0 Å². The number of anilines is 1. The predicted molar refractivity (Wildman–Crippen MR) is 87.0 cm³/mol. The highest BCUT2D eigenvalue weighted by Crippen LogP contribution is 2.41. The van der Waals surface area contributed by atoms with Crippen LogP contribution in [0, 0.1) is 0 Å². The maximum atomic E-state index is 12.8. The van der Waals surface area contributed by atoms with Crippen LogP contribution in [0.25, 0.3) is 0 Å². The van der Waals surface area contributed by atoms with E-state index in [1.165, 1.54) is 24.8 Å². The van der Waals surface area contributed by atoms with Crippen LogP contribution in [-0.2, 0) is 4.79 Å². The lowest BCUT2D eigenvalue weighted by molar-refractivity contribution is -0.114. The average Bonchev–Trinajstić information content (AvgIpc) is 2.82. The summed E-state index contributed by atoms with van der Waals surface area (Å²) in [6, 6.07) is 10.1. The van der Waals surface area contributed by atoms with Crippen molar-refractivity contribution in [3.63, 3.8) is 0 Å². The molecule has 1 aliphatic heterocycles. The Labute approximate surface area is 127 Å². The molecular weight excluding hydrogens is 258 g/mol. The summed E-state index contributed by atoms with van der Waals surface area (Å²) in [6.07, 6.45) is 10.1. The van der Waals surface area contributed by atoms with Crippen molar-refractivity contribution in [3.05, 3.63) is 53.3 Å². The Hall–Kier alpha value is -1.83. The van der Waals surface area contributed by atoms with Crippen molar-refractivity contribution in [2.24, 2.45) is 0 Å². The van der Waals surface area contributed by atoms with E-state index in [0.717, 1.165) is 42.6 Å². The van der Waals surface area contributed by atoms with Crippen molar-refractivity contribution in [2.45, 2.75) is 51.9 Å². The number of amides is 1. The van der Waals surface area contributed by atoms with Gasteiger partial charge in [0.2, 0.25) is 0 Å². The van der Waals surface area contributed by atoms with E-state index in [2.05, 4.69) is 13.0 Å². The van der Waals surface area contributed by atoms with Crippen LogP contribution in [0.1, 0.15) is 51.9 Å². The highest BCUT2D eigenvalue weighted by atomic mass is 16.2. The minimum atomic E-state index is 0.207. The molecule has 0 fully saturated rings. The molecule has 2 heteroatoms. The fraction of sp³-hybridized carbons (Fsp3) is 0.421. The topological polar surface area (TPSA) is 20.3 Å². The normalized spacial score (nSPS) is 20.3. The number of unbranched alkanes of at least 4 members (excludes halogenated alkanes) is 2. The highest BCUT2D eigenvalue weighted by Gasteiger charge is 2.36. The lowest BCUT2D eigenvalue weighted by atomic mass is 9.92. The van der Waals surface area contributed by atoms with Crippen molar-refractivity contribution in [1.82, 2.24) is 0 Å². The first-order valence-corrected chi connectivity index (χ1v) is 8.15. The van der Waals surface area contributed by atoms with Gasteiger partial charge >= 0.3 is 0 Å². The molecule has 0 N–H and O–H groups in total. The number of para-hydroxylation sites is 1. The van der Waals surface area contributed by atoms with Gasteiger partial charge in [-0.3, -0.25) is 9.69 Å². The Balaban J connectivity index is 1.98. The third-order valence-electron chi connectivity index (χ3n) is 4.39. The number of allylic oxidation sites excluding steroid dienone is 2. The SMILES string of the molecule is CCCC/C=C1\C2=C(CCCC2)C(=O)N1c1ccccc1. The number of carbonyl (C=O) groups is 1. The molecule has 0 unspecified atom stereocenters. The summed E-state index contributed by atoms with van der Waals surface area (Å²) in [6.45, 7) is 2.21. The zero-order valence-electron chi connectivity index (χ0n) is 12.8. The molecule has 2 aliphatic rings. The molecule has 0 radical (unpaired) electrons. The summed E-state index contributed by atoms with van der Waals surface area (Å²) < 4.78 is 0. The molecule has 110 valence electrons. The van der Waals surface area contributed by atoms with Gasteiger partial charge in [-0.1, -0.05) is 37.6 Å². The maximum absolute atomic E-state index is 12.8. The number of carbonyl (C=O) groups excluding carboxylic acids is 1. The summed E-state index contributed by atoms with van der Waals surface area (Å²) in [7, 11) is 0. The maximum Gasteiger partial charge on any atom is 0.259 e. The van der Waals surface area contributed by atoms with Crippen LogP contribution in [0.5, 0.6) is 0 Å². The van der Waals surface area contributed by atoms with Crippen LogP contribution in [0.2, 0.25) is 0 Å². The second-order valence-corrected chi connectivity index (χ2v) is 5.87. The number of nitrogens with zero attached hydrogens (tertiary/aromatic N) is 1. The molecule has 21 heavy (non-hydrogen) atoms. The Morgan fingerprint density at radius 1 is 1.10 bits per heavy atom. The largest absolute Gasteiger partial charge is 0.277 e. The van der Waals surface area contributed by atoms with Gasteiger partial charge in [0.15, 0.2) is 0 Å². The Kier molecular flexibility index (Phi) is 4.23. The second-order valence-electron chi connectivity index (χ2n) is 5.87. The van der Waals surface area contributed by atoms with Gasteiger partial charge in [-0.2, -0.15) is 0 Å². The molecule has 1 amide bonds. The van der Waals surface area contributed by atoms with Crippen LogP contribution in [0.3, 0.4) is 0 Å². The van der Waals surface area contributed by atoms with Crippen LogP contribution < -0.4 is 4.90 Å². The molecular formula is C19H23NO. The van der Waals surface area contributed by atoms with Gasteiger partial charge in [0.25, 0.3) is 5.91 Å². The fourth-order valence-electron chi connectivity index (χ4n) is 3.29. The minimum Gasteiger partial charge on any atom is -0.277 e. The summed E-state index contributed by atoms with van der Waals surface area (Å²) >= 11 is 0. The molecule has 2 nitrogen and oxygen atoms in total. The van der Waals surface area contributed by atoms with Gasteiger partial charge in [0, 0.05) is 17.0 Å². The number of hydrogen-bond donors (Lipinski definition) is 0. The lowest BCUT2D eigenvalue weighted by Gasteiger charge is -2.20. The Morgan fingerprint density at radius 2 is 1.81 bits per heavy atom. The van der Waals surface area contributed by atoms with Gasteiger partial charge in [-0.05, 0) is 56.2 Å². The third kappa shape index (κ3) is 2.67. The van der Waals surface area contributed by atoms with Gasteiger partial charge in [0.05, 0.1) is 0 Å². The van der Waals surface area contributed by atoms with Crippen molar-refractivity contribution in [2.75, 3.05) is 4.90 Å². The van der Waals surface area contributed by atoms with Crippen molar-refractivity contribution >= 4 is 11.6 Å². The minimum absolute atomic E-state index is 0.207. The molecule has 1 aromatic rings. The van der Waals surface area contributed by atoms with E-state index >= 15 is 0 Å². The van der Waals surface area contributed by atoms with E-state index in [4.69, 9.17) is 0 Å². The summed E-state index contributed by atoms with van der Waals surface area (Å²) in [4.78, 5) is 14.7. The second kappa shape index (κ2) is 6.30. The molecule has 0 spiro atoms. The molecule has 0 saturated heterocycles. The van der Waals surface area contributed by atoms with E-state index in [0.29, 0.717) is 0 Å². The van der Waals surface area contributed by atoms with Crippen molar-refractivity contribution in [3.8, 4) is 0 Å². The number of rotatable bonds is 4. The van der Waals surface area contributed by atoms with E-state index < -0.39 is 0 Å². The smallest absolute Gasteiger partial charge is 0.259 e. The first-order valence-electron chi connectivity index (χ1n) is 8.15. The predicted octanol–water partition coefficient (Wildman–Crippen LogP) is 4.98. The van der Waals surface area contributed by atoms with Crippen molar-refractivity contribution in [1.29, 1.82) is 0 Å². The quantitative estimate of drug-likeness (QED) is 0.713. The molecule has 3 rings (SSSR count). The Morgan fingerprint density at radius 3 is 2.52 bits per heavy atom. The molecule has 0 atom stereocenters. The first-order chi connectivity index (χ1) is 10.3. The monoisotopic (exact) mass is 281 g/mol. The molecule has 1 aromatic carbocycles. The molecule has 0 bridgehead atoms. The van der Waals surface area contributed by atoms with E-state index in [1.54, 1.807) is 0 Å². The van der Waals surface area contributed by atoms with Gasteiger partial charge in [-0.25, -0.2) is 0 Å².